The molecule has 0 aliphatic carbocycles. The second kappa shape index (κ2) is 16.1. The van der Waals surface area contributed by atoms with Crippen LogP contribution in [0, 0.1) is 26.2 Å². The molecule has 1 atom stereocenters. The smallest absolute Gasteiger partial charge is 0.305 e. The maximum absolute atomic E-state index is 13.5. The van der Waals surface area contributed by atoms with Crippen molar-refractivity contribution in [2.45, 2.75) is 89.2 Å². The lowest BCUT2D eigenvalue weighted by atomic mass is 9.88. The van der Waals surface area contributed by atoms with Gasteiger partial charge in [-0.1, -0.05) is 60.7 Å². The Bertz CT molecular complexity index is 2130. The molecule has 3 aromatic carbocycles. The number of carboxylic acid groups (broad SMARTS) is 1. The lowest BCUT2D eigenvalue weighted by molar-refractivity contribution is -0.137. The van der Waals surface area contributed by atoms with Crippen molar-refractivity contribution in [2.24, 2.45) is 0 Å². The zero-order valence-electron chi connectivity index (χ0n) is 30.6. The number of pyridine rings is 1. The van der Waals surface area contributed by atoms with Crippen LogP contribution in [0.25, 0.3) is 0 Å². The van der Waals surface area contributed by atoms with Gasteiger partial charge in [0.1, 0.15) is 16.9 Å². The summed E-state index contributed by atoms with van der Waals surface area (Å²) in [6, 6.07) is 21.6. The molecule has 12 nitrogen and oxygen atoms in total. The minimum Gasteiger partial charge on any atom is -0.487 e. The van der Waals surface area contributed by atoms with E-state index in [1.807, 2.05) is 81.4 Å². The van der Waals surface area contributed by atoms with Gasteiger partial charge in [-0.3, -0.25) is 19.8 Å². The van der Waals surface area contributed by atoms with Gasteiger partial charge in [-0.2, -0.15) is 0 Å². The fourth-order valence-electron chi connectivity index (χ4n) is 6.91. The summed E-state index contributed by atoms with van der Waals surface area (Å²) in [7, 11) is -4.13. The fraction of sp³-hybridized carbons (Fsp3) is 0.350. The molecule has 1 aliphatic rings. The second-order valence-corrected chi connectivity index (χ2v) is 15.7. The molecule has 1 aliphatic heterocycles. The molecule has 0 saturated heterocycles. The number of H-pyrrole nitrogens is 1. The van der Waals surface area contributed by atoms with Crippen LogP contribution in [0.15, 0.2) is 82.5 Å². The average molecular weight is 742 g/mol. The van der Waals surface area contributed by atoms with Gasteiger partial charge in [-0.25, -0.2) is 13.1 Å². The quantitative estimate of drug-likeness (QED) is 0.0593. The third-order valence-corrected chi connectivity index (χ3v) is 11.3. The van der Waals surface area contributed by atoms with Crippen LogP contribution in [-0.4, -0.2) is 54.5 Å². The summed E-state index contributed by atoms with van der Waals surface area (Å²) in [6.45, 7) is 9.44. The maximum Gasteiger partial charge on any atom is 0.305 e. The molecule has 6 N–H and O–H groups in total. The molecule has 0 unspecified atom stereocenters. The largest absolute Gasteiger partial charge is 0.487 e. The van der Waals surface area contributed by atoms with Crippen LogP contribution in [-0.2, 0) is 21.2 Å². The highest BCUT2D eigenvalue weighted by Crippen LogP contribution is 2.42. The molecule has 2 heterocycles. The molecule has 4 aromatic rings. The summed E-state index contributed by atoms with van der Waals surface area (Å²) in [4.78, 5) is 41.1. The Labute approximate surface area is 310 Å². The highest BCUT2D eigenvalue weighted by atomic mass is 32.2. The maximum atomic E-state index is 13.5. The van der Waals surface area contributed by atoms with Gasteiger partial charge in [0.15, 0.2) is 0 Å². The van der Waals surface area contributed by atoms with Crippen LogP contribution < -0.4 is 25.7 Å². The predicted molar refractivity (Wildman–Crippen MR) is 203 cm³/mol. The lowest BCUT2D eigenvalue weighted by Crippen LogP contribution is -2.42. The number of rotatable bonds is 13. The van der Waals surface area contributed by atoms with E-state index >= 15 is 0 Å². The van der Waals surface area contributed by atoms with Crippen molar-refractivity contribution < 1.29 is 27.9 Å². The number of carbonyl (C=O) groups is 2. The summed E-state index contributed by atoms with van der Waals surface area (Å²) >= 11 is 0. The Kier molecular flexibility index (Phi) is 11.8. The van der Waals surface area contributed by atoms with E-state index in [0.717, 1.165) is 28.7 Å². The van der Waals surface area contributed by atoms with Crippen molar-refractivity contribution in [3.63, 3.8) is 0 Å². The third-order valence-electron chi connectivity index (χ3n) is 9.71. The number of fused-ring (bicyclic) bond motifs is 1. The molecule has 0 saturated carbocycles. The number of hydrogen-bond donors (Lipinski definition) is 6. The zero-order chi connectivity index (χ0) is 38.5. The van der Waals surface area contributed by atoms with Crippen LogP contribution in [0.3, 0.4) is 0 Å². The Morgan fingerprint density at radius 2 is 1.57 bits per heavy atom. The van der Waals surface area contributed by atoms with Gasteiger partial charge in [0, 0.05) is 24.2 Å². The third kappa shape index (κ3) is 9.15. The number of nitrogens with one attached hydrogen (secondary N) is 5. The zero-order valence-corrected chi connectivity index (χ0v) is 31.4. The van der Waals surface area contributed by atoms with E-state index in [1.54, 1.807) is 19.9 Å². The first-order valence-electron chi connectivity index (χ1n) is 17.6. The molecule has 1 aromatic heterocycles. The first-order chi connectivity index (χ1) is 25.1. The monoisotopic (exact) mass is 741 g/mol. The first kappa shape index (κ1) is 38.8. The molecule has 53 heavy (non-hydrogen) atoms. The molecule has 0 spiro atoms. The van der Waals surface area contributed by atoms with Gasteiger partial charge in [-0.05, 0) is 106 Å². The molecule has 1 amide bonds. The van der Waals surface area contributed by atoms with Crippen molar-refractivity contribution in [3.8, 4) is 5.75 Å². The van der Waals surface area contributed by atoms with E-state index in [1.165, 1.54) is 6.07 Å². The number of hydrogen-bond acceptors (Lipinski definition) is 7. The minimum atomic E-state index is -4.13. The topological polar surface area (TPSA) is 191 Å². The number of aromatic amines is 1. The average Bonchev–Trinajstić information content (AvgIpc) is 3.09. The molecule has 13 heteroatoms. The molecule has 0 fully saturated rings. The Morgan fingerprint density at radius 3 is 2.15 bits per heavy atom. The van der Waals surface area contributed by atoms with Crippen molar-refractivity contribution in [1.29, 1.82) is 5.41 Å². The highest BCUT2D eigenvalue weighted by molar-refractivity contribution is 7.90. The number of sulfonamides is 1. The van der Waals surface area contributed by atoms with E-state index in [4.69, 9.17) is 10.1 Å². The molecular weight excluding hydrogens is 695 g/mol. The number of ether oxygens (including phenoxy) is 1. The summed E-state index contributed by atoms with van der Waals surface area (Å²) in [5, 5.41) is 23.2. The van der Waals surface area contributed by atoms with Crippen molar-refractivity contribution in [3.05, 3.63) is 128 Å². The first-order valence-corrected chi connectivity index (χ1v) is 19.1. The Balaban J connectivity index is 1.21. The number of guanidine groups is 1. The molecule has 280 valence electrons. The second-order valence-electron chi connectivity index (χ2n) is 14.1. The van der Waals surface area contributed by atoms with Crippen LogP contribution in [0.2, 0.25) is 0 Å². The summed E-state index contributed by atoms with van der Waals surface area (Å²) in [6.07, 6.45) is 1.49. The molecule has 0 radical (unpaired) electrons. The van der Waals surface area contributed by atoms with Crippen molar-refractivity contribution in [2.75, 3.05) is 6.54 Å². The van der Waals surface area contributed by atoms with Gasteiger partial charge in [-0.15, -0.1) is 0 Å². The van der Waals surface area contributed by atoms with E-state index < -0.39 is 45.9 Å². The van der Waals surface area contributed by atoms with Gasteiger partial charge in [0.05, 0.1) is 11.3 Å². The molecule has 5 rings (SSSR count). The van der Waals surface area contributed by atoms with Crippen LogP contribution in [0.4, 0.5) is 0 Å². The summed E-state index contributed by atoms with van der Waals surface area (Å²) in [5.74, 6) is -1.86. The van der Waals surface area contributed by atoms with Crippen molar-refractivity contribution >= 4 is 27.9 Å². The predicted octanol–water partition coefficient (Wildman–Crippen LogP) is 5.44. The number of aromatic nitrogens is 1. The highest BCUT2D eigenvalue weighted by Gasteiger charge is 2.34. The number of aliphatic carboxylic acids is 1. The van der Waals surface area contributed by atoms with Gasteiger partial charge < -0.3 is 25.5 Å². The van der Waals surface area contributed by atoms with E-state index in [9.17, 15) is 27.9 Å². The Hall–Kier alpha value is -5.43. The van der Waals surface area contributed by atoms with E-state index in [0.29, 0.717) is 29.0 Å². The van der Waals surface area contributed by atoms with Gasteiger partial charge in [0.2, 0.25) is 5.96 Å². The normalized spacial score (nSPS) is 14.1. The summed E-state index contributed by atoms with van der Waals surface area (Å²) < 4.78 is 35.6. The molecule has 0 bridgehead atoms. The van der Waals surface area contributed by atoms with Crippen LogP contribution in [0.5, 0.6) is 5.75 Å². The van der Waals surface area contributed by atoms with E-state index in [-0.39, 0.29) is 41.4 Å². The fourth-order valence-corrected chi connectivity index (χ4v) is 8.44. The number of benzene rings is 3. The standard InChI is InChI=1S/C40H47N5O7S/c1-24-25(2)36(26(3)30-20-21-40(4,5)52-35(24)30)53(50,51)45-39(41)42-22-12-17-29(23-33(46)47)43-37(48)31-18-19-32(44-38(31)49)34(27-13-8-6-9-14-27)28-15-10-7-11-16-28/h6-11,13-16,18-19,29,34H,12,17,20-23H2,1-5H3,(H,43,48)(H,44,49)(H,46,47)(H3,41,42,45)/t29-/m0/s1. The van der Waals surface area contributed by atoms with Gasteiger partial charge in [0.25, 0.3) is 21.5 Å². The summed E-state index contributed by atoms with van der Waals surface area (Å²) in [5.41, 5.74) is 4.13. The number of carboxylic acids is 1. The SMILES string of the molecule is Cc1c(C)c(S(=O)(=O)NC(=N)NCCC[C@@H](CC(=O)O)NC(=O)c2ccc(C(c3ccccc3)c3ccccc3)[nH]c2=O)c(C)c2c1OC(C)(C)CC2. The van der Waals surface area contributed by atoms with Crippen LogP contribution in [0.1, 0.15) is 94.9 Å². The Morgan fingerprint density at radius 1 is 0.943 bits per heavy atom. The van der Waals surface area contributed by atoms with Gasteiger partial charge >= 0.3 is 5.97 Å². The number of carbonyl (C=O) groups excluding carboxylic acids is 1. The number of amides is 1. The molecular formula is C40H47N5O7S. The van der Waals surface area contributed by atoms with Crippen LogP contribution >= 0.6 is 0 Å². The van der Waals surface area contributed by atoms with E-state index in [2.05, 4.69) is 20.3 Å². The minimum absolute atomic E-state index is 0.117. The van der Waals surface area contributed by atoms with Crippen molar-refractivity contribution in [1.82, 2.24) is 20.3 Å². The lowest BCUT2D eigenvalue weighted by Gasteiger charge is -2.35.